The Balaban J connectivity index is 1.42. The maximum atomic E-state index is 13.2. The van der Waals surface area contributed by atoms with Gasteiger partial charge in [-0.2, -0.15) is 0 Å². The zero-order valence-electron chi connectivity index (χ0n) is 15.5. The quantitative estimate of drug-likeness (QED) is 0.697. The lowest BCUT2D eigenvalue weighted by molar-refractivity contribution is -0.0644. The van der Waals surface area contributed by atoms with Crippen LogP contribution in [0.15, 0.2) is 48.5 Å². The van der Waals surface area contributed by atoms with Crippen molar-refractivity contribution in [3.05, 3.63) is 59.7 Å². The molecular weight excluding hydrogens is 370 g/mol. The second-order valence-corrected chi connectivity index (χ2v) is 9.06. The van der Waals surface area contributed by atoms with E-state index in [0.29, 0.717) is 29.7 Å². The number of aliphatic hydroxyl groups is 1. The van der Waals surface area contributed by atoms with Crippen LogP contribution in [-0.4, -0.2) is 34.0 Å². The van der Waals surface area contributed by atoms with Gasteiger partial charge < -0.3 is 15.7 Å². The summed E-state index contributed by atoms with van der Waals surface area (Å²) in [5.41, 5.74) is 7.31. The van der Waals surface area contributed by atoms with Gasteiger partial charge in [0.05, 0.1) is 15.8 Å². The summed E-state index contributed by atoms with van der Waals surface area (Å²) in [4.78, 5) is 19.4. The van der Waals surface area contributed by atoms with Gasteiger partial charge in [-0.15, -0.1) is 0 Å². The fourth-order valence-corrected chi connectivity index (χ4v) is 5.75. The van der Waals surface area contributed by atoms with Gasteiger partial charge in [0.15, 0.2) is 5.13 Å². The Labute approximate surface area is 167 Å². The zero-order chi connectivity index (χ0) is 19.3. The van der Waals surface area contributed by atoms with Crippen molar-refractivity contribution < 1.29 is 9.90 Å². The third-order valence-corrected chi connectivity index (χ3v) is 7.26. The molecule has 2 fully saturated rings. The molecule has 1 saturated carbocycles. The monoisotopic (exact) mass is 393 g/mol. The van der Waals surface area contributed by atoms with E-state index in [-0.39, 0.29) is 11.8 Å². The lowest BCUT2D eigenvalue weighted by atomic mass is 9.67. The van der Waals surface area contributed by atoms with Crippen LogP contribution < -0.4 is 5.73 Å². The molecule has 0 bridgehead atoms. The van der Waals surface area contributed by atoms with E-state index in [0.717, 1.165) is 35.0 Å². The summed E-state index contributed by atoms with van der Waals surface area (Å²) >= 11 is 1.43. The first kappa shape index (κ1) is 17.6. The normalized spacial score (nSPS) is 27.1. The highest BCUT2D eigenvalue weighted by Gasteiger charge is 2.50. The average Bonchev–Trinajstić information content (AvgIpc) is 3.31. The molecule has 1 amide bonds. The number of likely N-dealkylation sites (tertiary alicyclic amines) is 1. The minimum absolute atomic E-state index is 0.0123. The Bertz CT molecular complexity index is 1030. The summed E-state index contributed by atoms with van der Waals surface area (Å²) in [6.45, 7) is 1.29. The van der Waals surface area contributed by atoms with E-state index in [9.17, 15) is 9.90 Å². The smallest absolute Gasteiger partial charge is 0.253 e. The average molecular weight is 394 g/mol. The van der Waals surface area contributed by atoms with E-state index in [1.807, 2.05) is 53.4 Å². The summed E-state index contributed by atoms with van der Waals surface area (Å²) < 4.78 is 0.989. The Hall–Kier alpha value is -2.44. The van der Waals surface area contributed by atoms with Crippen LogP contribution in [-0.2, 0) is 5.60 Å². The second-order valence-electron chi connectivity index (χ2n) is 7.99. The van der Waals surface area contributed by atoms with Crippen molar-refractivity contribution in [2.24, 2.45) is 11.8 Å². The molecule has 3 aromatic rings. The molecule has 2 heterocycles. The van der Waals surface area contributed by atoms with Crippen LogP contribution in [0.5, 0.6) is 0 Å². The third-order valence-electron chi connectivity index (χ3n) is 6.40. The number of rotatable bonds is 2. The van der Waals surface area contributed by atoms with Gasteiger partial charge in [-0.3, -0.25) is 4.79 Å². The van der Waals surface area contributed by atoms with E-state index in [1.165, 1.54) is 11.3 Å². The maximum absolute atomic E-state index is 13.2. The fourth-order valence-electron chi connectivity index (χ4n) is 5.04. The second kappa shape index (κ2) is 6.57. The molecule has 1 aromatic heterocycles. The molecule has 1 saturated heterocycles. The van der Waals surface area contributed by atoms with Crippen molar-refractivity contribution in [2.75, 3.05) is 18.8 Å². The predicted molar refractivity (Wildman–Crippen MR) is 111 cm³/mol. The molecule has 144 valence electrons. The van der Waals surface area contributed by atoms with Gasteiger partial charge in [0.25, 0.3) is 5.91 Å². The van der Waals surface area contributed by atoms with Crippen molar-refractivity contribution in [3.63, 3.8) is 0 Å². The van der Waals surface area contributed by atoms with Gasteiger partial charge >= 0.3 is 0 Å². The van der Waals surface area contributed by atoms with Crippen LogP contribution in [0.25, 0.3) is 10.2 Å². The van der Waals surface area contributed by atoms with Crippen molar-refractivity contribution in [1.29, 1.82) is 0 Å². The molecule has 3 N–H and O–H groups in total. The minimum Gasteiger partial charge on any atom is -0.385 e. The standard InChI is InChI=1S/C22H23N3O2S/c23-21-24-18-11-14(8-9-19(18)28-21)20(26)25-12-15-5-4-10-22(27,17(15)13-25)16-6-2-1-3-7-16/h1-3,6-9,11,15,17,27H,4-5,10,12-13H2,(H2,23,24)/t15-,17+,22+/m0/s1. The van der Waals surface area contributed by atoms with Crippen molar-refractivity contribution in [2.45, 2.75) is 24.9 Å². The topological polar surface area (TPSA) is 79.5 Å². The molecule has 5 nitrogen and oxygen atoms in total. The van der Waals surface area contributed by atoms with E-state index in [1.54, 1.807) is 0 Å². The summed E-state index contributed by atoms with van der Waals surface area (Å²) in [6, 6.07) is 15.5. The Morgan fingerprint density at radius 2 is 2.04 bits per heavy atom. The van der Waals surface area contributed by atoms with Crippen LogP contribution in [0.2, 0.25) is 0 Å². The summed E-state index contributed by atoms with van der Waals surface area (Å²) in [5.74, 6) is 0.422. The number of nitrogens with two attached hydrogens (primary N) is 1. The number of hydrogen-bond acceptors (Lipinski definition) is 5. The third kappa shape index (κ3) is 2.79. The van der Waals surface area contributed by atoms with Gasteiger partial charge in [-0.25, -0.2) is 4.98 Å². The summed E-state index contributed by atoms with van der Waals surface area (Å²) in [5, 5.41) is 12.1. The predicted octanol–water partition coefficient (Wildman–Crippen LogP) is 3.64. The zero-order valence-corrected chi connectivity index (χ0v) is 16.4. The number of anilines is 1. The summed E-state index contributed by atoms with van der Waals surface area (Å²) in [6.07, 6.45) is 2.80. The van der Waals surface area contributed by atoms with Crippen LogP contribution in [0, 0.1) is 11.8 Å². The number of carbonyl (C=O) groups is 1. The van der Waals surface area contributed by atoms with Gasteiger partial charge in [-0.1, -0.05) is 41.7 Å². The highest BCUT2D eigenvalue weighted by atomic mass is 32.1. The minimum atomic E-state index is -0.855. The van der Waals surface area contributed by atoms with E-state index >= 15 is 0 Å². The molecule has 0 radical (unpaired) electrons. The SMILES string of the molecule is Nc1nc2cc(C(=O)N3C[C@@H]4CCC[C@@](O)(c5ccccc5)[C@@H]4C3)ccc2s1. The Kier molecular flexibility index (Phi) is 4.14. The van der Waals surface area contributed by atoms with Gasteiger partial charge in [0.2, 0.25) is 0 Å². The Morgan fingerprint density at radius 1 is 1.21 bits per heavy atom. The molecule has 2 aliphatic rings. The van der Waals surface area contributed by atoms with Gasteiger partial charge in [-0.05, 0) is 48.9 Å². The number of aromatic nitrogens is 1. The largest absolute Gasteiger partial charge is 0.385 e. The van der Waals surface area contributed by atoms with Crippen LogP contribution in [0.1, 0.15) is 35.2 Å². The Morgan fingerprint density at radius 3 is 2.86 bits per heavy atom. The summed E-state index contributed by atoms with van der Waals surface area (Å²) in [7, 11) is 0. The fraction of sp³-hybridized carbons (Fsp3) is 0.364. The van der Waals surface area contributed by atoms with Crippen LogP contribution >= 0.6 is 11.3 Å². The van der Waals surface area contributed by atoms with Crippen molar-refractivity contribution in [3.8, 4) is 0 Å². The molecule has 0 spiro atoms. The number of hydrogen-bond donors (Lipinski definition) is 2. The molecule has 0 unspecified atom stereocenters. The molecular formula is C22H23N3O2S. The molecule has 1 aliphatic heterocycles. The maximum Gasteiger partial charge on any atom is 0.253 e. The lowest BCUT2D eigenvalue weighted by Gasteiger charge is -2.41. The number of carbonyl (C=O) groups excluding carboxylic acids is 1. The first-order chi connectivity index (χ1) is 13.5. The number of benzene rings is 2. The molecule has 5 rings (SSSR count). The number of thiazole rings is 1. The number of nitrogens with zero attached hydrogens (tertiary/aromatic N) is 2. The highest BCUT2D eigenvalue weighted by Crippen LogP contribution is 2.48. The lowest BCUT2D eigenvalue weighted by Crippen LogP contribution is -2.42. The molecule has 28 heavy (non-hydrogen) atoms. The van der Waals surface area contributed by atoms with Gasteiger partial charge in [0, 0.05) is 24.6 Å². The first-order valence-electron chi connectivity index (χ1n) is 9.78. The van der Waals surface area contributed by atoms with Crippen LogP contribution in [0.3, 0.4) is 0 Å². The molecule has 1 aliphatic carbocycles. The molecule has 2 aromatic carbocycles. The van der Waals surface area contributed by atoms with Crippen molar-refractivity contribution in [1.82, 2.24) is 9.88 Å². The highest BCUT2D eigenvalue weighted by molar-refractivity contribution is 7.22. The van der Waals surface area contributed by atoms with E-state index in [2.05, 4.69) is 4.98 Å². The van der Waals surface area contributed by atoms with E-state index in [4.69, 9.17) is 5.73 Å². The number of nitrogen functional groups attached to an aromatic ring is 1. The van der Waals surface area contributed by atoms with E-state index < -0.39 is 5.60 Å². The number of fused-ring (bicyclic) bond motifs is 2. The first-order valence-corrected chi connectivity index (χ1v) is 10.6. The molecule has 6 heteroatoms. The van der Waals surface area contributed by atoms with Gasteiger partial charge in [0.1, 0.15) is 0 Å². The van der Waals surface area contributed by atoms with Crippen LogP contribution in [0.4, 0.5) is 5.13 Å². The van der Waals surface area contributed by atoms with Crippen molar-refractivity contribution >= 4 is 32.6 Å². The number of amides is 1. The molecule has 3 atom stereocenters.